The van der Waals surface area contributed by atoms with Gasteiger partial charge in [-0.15, -0.1) is 0 Å². The van der Waals surface area contributed by atoms with Gasteiger partial charge in [-0.1, -0.05) is 59.8 Å². The van der Waals surface area contributed by atoms with Gasteiger partial charge in [0.2, 0.25) is 17.7 Å². The minimum absolute atomic E-state index is 0.155. The summed E-state index contributed by atoms with van der Waals surface area (Å²) in [4.78, 5) is 48.3. The Labute approximate surface area is 301 Å². The fourth-order valence-electron chi connectivity index (χ4n) is 6.22. The molecule has 266 valence electrons. The molecule has 1 aliphatic heterocycles. The van der Waals surface area contributed by atoms with Crippen molar-refractivity contribution >= 4 is 52.0 Å². The summed E-state index contributed by atoms with van der Waals surface area (Å²) in [5.74, 6) is -1.73. The molecule has 3 amide bonds. The molecule has 2 heterocycles. The van der Waals surface area contributed by atoms with E-state index in [4.69, 9.17) is 23.1 Å². The van der Waals surface area contributed by atoms with Crippen molar-refractivity contribution in [2.45, 2.75) is 79.5 Å². The summed E-state index contributed by atoms with van der Waals surface area (Å²) in [7, 11) is 1.57. The molecule has 1 aliphatic rings. The molecule has 0 radical (unpaired) electrons. The van der Waals surface area contributed by atoms with Gasteiger partial charge in [-0.25, -0.2) is 4.39 Å². The first-order valence-corrected chi connectivity index (χ1v) is 18.2. The molecule has 5 rings (SSSR count). The molecule has 1 aromatic heterocycles. The highest BCUT2D eigenvalue weighted by Crippen LogP contribution is 2.39. The molecule has 0 fully saturated rings. The Morgan fingerprint density at radius 2 is 1.64 bits per heavy atom. The van der Waals surface area contributed by atoms with E-state index >= 15 is 4.39 Å². The number of likely N-dealkylation sites (N-methyl/N-ethyl adjacent to an activating group) is 1. The number of carbonyl (C=O) groups is 3. The minimum atomic E-state index is -0.989. The van der Waals surface area contributed by atoms with E-state index in [-0.39, 0.29) is 24.4 Å². The first kappa shape index (κ1) is 37.3. The van der Waals surface area contributed by atoms with E-state index in [0.29, 0.717) is 61.7 Å². The van der Waals surface area contributed by atoms with Gasteiger partial charge in [-0.3, -0.25) is 14.4 Å². The summed E-state index contributed by atoms with van der Waals surface area (Å²) in [5.41, 5.74) is 14.5. The van der Waals surface area contributed by atoms with E-state index in [1.54, 1.807) is 7.05 Å². The second-order valence-corrected chi connectivity index (χ2v) is 14.0. The largest absolute Gasteiger partial charge is 0.361 e. The minimum Gasteiger partial charge on any atom is -0.361 e. The Balaban J connectivity index is 1.58. The molecule has 50 heavy (non-hydrogen) atoms. The van der Waals surface area contributed by atoms with Crippen molar-refractivity contribution in [2.24, 2.45) is 11.5 Å². The highest BCUT2D eigenvalue weighted by atomic mass is 35.5. The van der Waals surface area contributed by atoms with Gasteiger partial charge < -0.3 is 37.3 Å². The van der Waals surface area contributed by atoms with Crippen LogP contribution >= 0.6 is 23.4 Å². The van der Waals surface area contributed by atoms with Crippen LogP contribution in [0.3, 0.4) is 0 Å². The zero-order valence-electron chi connectivity index (χ0n) is 28.1. The van der Waals surface area contributed by atoms with Gasteiger partial charge in [-0.05, 0) is 80.6 Å². The fraction of sp³-hybridized carbons (Fsp3) is 0.378. The number of amides is 3. The Morgan fingerprint density at radius 3 is 2.44 bits per heavy atom. The van der Waals surface area contributed by atoms with Crippen molar-refractivity contribution in [1.82, 2.24) is 25.8 Å². The van der Waals surface area contributed by atoms with Crippen molar-refractivity contribution in [3.05, 3.63) is 94.4 Å². The van der Waals surface area contributed by atoms with Crippen LogP contribution in [0, 0.1) is 5.82 Å². The van der Waals surface area contributed by atoms with E-state index in [0.717, 1.165) is 26.9 Å². The van der Waals surface area contributed by atoms with Crippen molar-refractivity contribution in [2.75, 3.05) is 20.1 Å². The number of carbonyl (C=O) groups excluding carboxylic acids is 3. The summed E-state index contributed by atoms with van der Waals surface area (Å²) in [6.07, 6.45) is 4.64. The number of benzene rings is 3. The van der Waals surface area contributed by atoms with E-state index in [1.165, 1.54) is 28.8 Å². The molecule has 8 N–H and O–H groups in total. The number of hydrogen-bond donors (Lipinski definition) is 6. The SMILES string of the molecule is CN1C(=O)C(CCCCN)NC(=O)C(CCCN)NCc2ccccc2Sc2c(Cl)ccc(F)c2CNC(=O)[C@@H]1Cc1c[nH]c2ccccc12. The molecule has 3 atom stereocenters. The number of nitrogens with zero attached hydrogens (tertiary/aromatic N) is 1. The Hall–Kier alpha value is -3.94. The number of nitrogens with two attached hydrogens (primary N) is 2. The van der Waals surface area contributed by atoms with Gasteiger partial charge in [0.1, 0.15) is 17.9 Å². The molecule has 0 saturated carbocycles. The smallest absolute Gasteiger partial charge is 0.245 e. The lowest BCUT2D eigenvalue weighted by molar-refractivity contribution is -0.142. The molecule has 0 spiro atoms. The van der Waals surface area contributed by atoms with Gasteiger partial charge in [0.15, 0.2) is 0 Å². The number of para-hydroxylation sites is 1. The number of aromatic nitrogens is 1. The highest BCUT2D eigenvalue weighted by molar-refractivity contribution is 7.99. The average Bonchev–Trinajstić information content (AvgIpc) is 3.53. The standard InChI is InChI=1S/C37H45ClFN7O3S/c1-46-32(19-24-21-42-29-11-4-3-10-25(24)29)36(48)44-22-26-28(39)16-15-27(38)34(26)50-33-14-5-2-9-23(33)20-43-30(13-8-18-41)35(47)45-31(37(46)49)12-6-7-17-40/h2-5,9-11,14-16,21,30-32,42-43H,6-8,12-13,17-20,22,40-41H2,1H3,(H,44,48)(H,45,47)/t30?,31?,32-/m0/s1. The van der Waals surface area contributed by atoms with Crippen molar-refractivity contribution in [1.29, 1.82) is 0 Å². The van der Waals surface area contributed by atoms with E-state index < -0.39 is 35.8 Å². The predicted octanol–water partition coefficient (Wildman–Crippen LogP) is 4.62. The fourth-order valence-corrected chi connectivity index (χ4v) is 7.61. The first-order chi connectivity index (χ1) is 24.2. The van der Waals surface area contributed by atoms with Crippen molar-refractivity contribution < 1.29 is 18.8 Å². The summed E-state index contributed by atoms with van der Waals surface area (Å²) in [6.45, 7) is 1.00. The normalized spacial score (nSPS) is 19.4. The van der Waals surface area contributed by atoms with Crippen LogP contribution in [-0.2, 0) is 33.9 Å². The zero-order valence-corrected chi connectivity index (χ0v) is 29.7. The molecule has 2 unspecified atom stereocenters. The Morgan fingerprint density at radius 1 is 0.900 bits per heavy atom. The van der Waals surface area contributed by atoms with E-state index in [2.05, 4.69) is 20.9 Å². The summed E-state index contributed by atoms with van der Waals surface area (Å²) < 4.78 is 15.6. The zero-order chi connectivity index (χ0) is 35.6. The second-order valence-electron chi connectivity index (χ2n) is 12.5. The number of halogens is 2. The predicted molar refractivity (Wildman–Crippen MR) is 196 cm³/mol. The third kappa shape index (κ3) is 9.04. The summed E-state index contributed by atoms with van der Waals surface area (Å²) >= 11 is 7.98. The molecule has 3 aromatic carbocycles. The number of aromatic amines is 1. The molecule has 10 nitrogen and oxygen atoms in total. The van der Waals surface area contributed by atoms with Gasteiger partial charge in [-0.2, -0.15) is 0 Å². The third-order valence-electron chi connectivity index (χ3n) is 9.10. The number of hydrogen-bond acceptors (Lipinski definition) is 7. The van der Waals surface area contributed by atoms with Crippen LogP contribution in [0.4, 0.5) is 4.39 Å². The van der Waals surface area contributed by atoms with Gasteiger partial charge >= 0.3 is 0 Å². The number of H-pyrrole nitrogens is 1. The first-order valence-electron chi connectivity index (χ1n) is 17.0. The monoisotopic (exact) mass is 721 g/mol. The lowest BCUT2D eigenvalue weighted by atomic mass is 10.0. The quantitative estimate of drug-likeness (QED) is 0.138. The van der Waals surface area contributed by atoms with Crippen LogP contribution in [0.25, 0.3) is 10.9 Å². The maximum atomic E-state index is 15.6. The van der Waals surface area contributed by atoms with Gasteiger partial charge in [0.05, 0.1) is 11.1 Å². The molecule has 4 aromatic rings. The number of nitrogens with one attached hydrogen (secondary N) is 4. The lowest BCUT2D eigenvalue weighted by Gasteiger charge is -2.32. The van der Waals surface area contributed by atoms with Crippen LogP contribution in [0.15, 0.2) is 76.7 Å². The molecule has 0 bridgehead atoms. The maximum Gasteiger partial charge on any atom is 0.245 e. The average molecular weight is 722 g/mol. The highest BCUT2D eigenvalue weighted by Gasteiger charge is 2.34. The number of rotatable bonds is 9. The molecular weight excluding hydrogens is 677 g/mol. The van der Waals surface area contributed by atoms with Crippen LogP contribution in [0.1, 0.15) is 48.8 Å². The number of unbranched alkanes of at least 4 members (excludes halogenated alkanes) is 1. The molecule has 13 heteroatoms. The summed E-state index contributed by atoms with van der Waals surface area (Å²) in [5, 5.41) is 10.5. The van der Waals surface area contributed by atoms with Crippen LogP contribution in [0.2, 0.25) is 5.02 Å². The van der Waals surface area contributed by atoms with Crippen LogP contribution in [-0.4, -0.2) is 65.9 Å². The van der Waals surface area contributed by atoms with Gasteiger partial charge in [0.25, 0.3) is 0 Å². The molecule has 0 saturated heterocycles. The summed E-state index contributed by atoms with van der Waals surface area (Å²) in [6, 6.07) is 15.6. The Bertz CT molecular complexity index is 1800. The van der Waals surface area contributed by atoms with E-state index in [9.17, 15) is 14.4 Å². The maximum absolute atomic E-state index is 15.6. The second kappa shape index (κ2) is 17.8. The lowest BCUT2D eigenvalue weighted by Crippen LogP contribution is -2.57. The Kier molecular flexibility index (Phi) is 13.3. The van der Waals surface area contributed by atoms with E-state index in [1.807, 2.05) is 54.7 Å². The van der Waals surface area contributed by atoms with Crippen molar-refractivity contribution in [3.63, 3.8) is 0 Å². The van der Waals surface area contributed by atoms with Gasteiger partial charge in [0, 0.05) is 59.0 Å². The topological polar surface area (TPSA) is 158 Å². The molecule has 0 aliphatic carbocycles. The third-order valence-corrected chi connectivity index (χ3v) is 10.8. The van der Waals surface area contributed by atoms with Crippen molar-refractivity contribution in [3.8, 4) is 0 Å². The number of fused-ring (bicyclic) bond motifs is 3. The van der Waals surface area contributed by atoms with Crippen LogP contribution in [0.5, 0.6) is 0 Å². The molecular formula is C37H45ClFN7O3S. The van der Waals surface area contributed by atoms with Crippen LogP contribution < -0.4 is 27.4 Å².